The van der Waals surface area contributed by atoms with Crippen LogP contribution in [0.3, 0.4) is 0 Å². The van der Waals surface area contributed by atoms with Gasteiger partial charge in [0.1, 0.15) is 5.69 Å². The third-order valence-electron chi connectivity index (χ3n) is 6.45. The molecule has 0 heterocycles. The predicted octanol–water partition coefficient (Wildman–Crippen LogP) is 9.33. The van der Waals surface area contributed by atoms with Crippen LogP contribution in [0.4, 0.5) is 17.1 Å². The fourth-order valence-electron chi connectivity index (χ4n) is 4.21. The van der Waals surface area contributed by atoms with Gasteiger partial charge < -0.3 is 0 Å². The van der Waals surface area contributed by atoms with Crippen molar-refractivity contribution < 1.29 is 9.85 Å². The molecule has 1 aromatic rings. The van der Waals surface area contributed by atoms with Crippen LogP contribution in [0.25, 0.3) is 0 Å². The van der Waals surface area contributed by atoms with Crippen molar-refractivity contribution in [2.45, 2.75) is 129 Å². The van der Waals surface area contributed by atoms with Crippen LogP contribution in [-0.4, -0.2) is 15.6 Å². The molecule has 0 radical (unpaired) electrons. The van der Waals surface area contributed by atoms with E-state index in [1.165, 1.54) is 102 Å². The molecule has 1 aromatic carbocycles. The number of hydrogen-bond acceptors (Lipinski definition) is 6. The molecule has 0 aliphatic rings. The Hall–Kier alpha value is -2.51. The topological polar surface area (TPSA) is 111 Å². The normalized spacial score (nSPS) is 11.5. The standard InChI is InChI=1S/C27H46N4O4/c1-3-5-6-7-8-9-10-11-12-13-14-15-16-17-18-19-20-24(4-2)28-29-26-22-21-25(30(32)33)23-27(26)31(34)35/h21-23,29H,3-20H2,1-2H3. The highest BCUT2D eigenvalue weighted by Crippen LogP contribution is 2.29. The van der Waals surface area contributed by atoms with E-state index in [0.29, 0.717) is 0 Å². The summed E-state index contributed by atoms with van der Waals surface area (Å²) in [7, 11) is 0. The Morgan fingerprint density at radius 2 is 1.23 bits per heavy atom. The lowest BCUT2D eigenvalue weighted by Gasteiger charge is -2.07. The molecule has 0 bridgehead atoms. The van der Waals surface area contributed by atoms with Crippen molar-refractivity contribution in [1.82, 2.24) is 0 Å². The van der Waals surface area contributed by atoms with Crippen molar-refractivity contribution in [3.05, 3.63) is 38.4 Å². The molecule has 198 valence electrons. The monoisotopic (exact) mass is 490 g/mol. The summed E-state index contributed by atoms with van der Waals surface area (Å²) in [5.41, 5.74) is 3.20. The number of hydrogen-bond donors (Lipinski definition) is 1. The zero-order valence-electron chi connectivity index (χ0n) is 21.9. The molecular weight excluding hydrogens is 444 g/mol. The summed E-state index contributed by atoms with van der Waals surface area (Å²) in [5.74, 6) is 0. The van der Waals surface area contributed by atoms with E-state index in [0.717, 1.165) is 37.5 Å². The number of nitro benzene ring substituents is 2. The fourth-order valence-corrected chi connectivity index (χ4v) is 4.21. The lowest BCUT2D eigenvalue weighted by molar-refractivity contribution is -0.393. The molecule has 1 rings (SSSR count). The van der Waals surface area contributed by atoms with Gasteiger partial charge in [0, 0.05) is 11.8 Å². The molecule has 0 aliphatic heterocycles. The number of nitrogens with one attached hydrogen (secondary N) is 1. The second-order valence-corrected chi connectivity index (χ2v) is 9.41. The molecule has 8 nitrogen and oxygen atoms in total. The van der Waals surface area contributed by atoms with E-state index in [1.807, 2.05) is 6.92 Å². The number of nitro groups is 2. The number of nitrogens with zero attached hydrogens (tertiary/aromatic N) is 3. The van der Waals surface area contributed by atoms with Crippen LogP contribution in [-0.2, 0) is 0 Å². The highest BCUT2D eigenvalue weighted by Gasteiger charge is 2.19. The Morgan fingerprint density at radius 3 is 1.66 bits per heavy atom. The van der Waals surface area contributed by atoms with Crippen LogP contribution in [0, 0.1) is 20.2 Å². The highest BCUT2D eigenvalue weighted by molar-refractivity contribution is 5.85. The average Bonchev–Trinajstić information content (AvgIpc) is 2.85. The lowest BCUT2D eigenvalue weighted by Crippen LogP contribution is -2.03. The van der Waals surface area contributed by atoms with E-state index < -0.39 is 9.85 Å². The van der Waals surface area contributed by atoms with Crippen LogP contribution in [0.2, 0.25) is 0 Å². The predicted molar refractivity (Wildman–Crippen MR) is 145 cm³/mol. The van der Waals surface area contributed by atoms with E-state index in [-0.39, 0.29) is 17.1 Å². The zero-order valence-corrected chi connectivity index (χ0v) is 21.9. The molecule has 0 unspecified atom stereocenters. The maximum atomic E-state index is 11.2. The molecule has 0 atom stereocenters. The van der Waals surface area contributed by atoms with E-state index in [1.54, 1.807) is 0 Å². The van der Waals surface area contributed by atoms with Crippen molar-refractivity contribution in [3.8, 4) is 0 Å². The number of non-ortho nitro benzene ring substituents is 1. The molecule has 0 fully saturated rings. The summed E-state index contributed by atoms with van der Waals surface area (Å²) in [4.78, 5) is 20.8. The Morgan fingerprint density at radius 1 is 0.743 bits per heavy atom. The summed E-state index contributed by atoms with van der Waals surface area (Å²) in [6.45, 7) is 4.28. The van der Waals surface area contributed by atoms with Crippen LogP contribution in [0.15, 0.2) is 23.3 Å². The number of hydrazone groups is 1. The first-order valence-corrected chi connectivity index (χ1v) is 13.7. The largest absolute Gasteiger partial charge is 0.301 e. The van der Waals surface area contributed by atoms with Crippen LogP contribution >= 0.6 is 0 Å². The molecular formula is C27H46N4O4. The summed E-state index contributed by atoms with van der Waals surface area (Å²) < 4.78 is 0. The minimum Gasteiger partial charge on any atom is -0.272 e. The molecule has 0 saturated carbocycles. The maximum Gasteiger partial charge on any atom is 0.301 e. The third-order valence-corrected chi connectivity index (χ3v) is 6.45. The van der Waals surface area contributed by atoms with Gasteiger partial charge >= 0.3 is 5.69 Å². The first-order valence-electron chi connectivity index (χ1n) is 13.7. The molecule has 1 N–H and O–H groups in total. The SMILES string of the molecule is CCCCCCCCCCCCCCCCCCC(CC)=NNc1ccc([N+](=O)[O-])cc1[N+](=O)[O-]. The van der Waals surface area contributed by atoms with Gasteiger partial charge in [-0.2, -0.15) is 5.10 Å². The van der Waals surface area contributed by atoms with Gasteiger partial charge in [0.05, 0.1) is 15.9 Å². The Balaban J connectivity index is 2.13. The number of benzene rings is 1. The Kier molecular flexibility index (Phi) is 17.2. The van der Waals surface area contributed by atoms with Crippen molar-refractivity contribution in [2.75, 3.05) is 5.43 Å². The minimum atomic E-state index is -0.644. The van der Waals surface area contributed by atoms with Crippen LogP contribution in [0.1, 0.15) is 129 Å². The summed E-state index contributed by atoms with van der Waals surface area (Å²) in [5, 5.41) is 26.4. The van der Waals surface area contributed by atoms with Crippen molar-refractivity contribution in [3.63, 3.8) is 0 Å². The number of anilines is 1. The first-order chi connectivity index (χ1) is 17.0. The van der Waals surface area contributed by atoms with Gasteiger partial charge in [-0.1, -0.05) is 110 Å². The lowest BCUT2D eigenvalue weighted by atomic mass is 10.0. The number of rotatable bonds is 22. The number of unbranched alkanes of at least 4 members (excludes halogenated alkanes) is 15. The molecule has 35 heavy (non-hydrogen) atoms. The highest BCUT2D eigenvalue weighted by atomic mass is 16.6. The van der Waals surface area contributed by atoms with Crippen molar-refractivity contribution in [1.29, 1.82) is 0 Å². The van der Waals surface area contributed by atoms with Gasteiger partial charge in [-0.15, -0.1) is 0 Å². The molecule has 0 spiro atoms. The van der Waals surface area contributed by atoms with Gasteiger partial charge in [-0.05, 0) is 25.3 Å². The minimum absolute atomic E-state index is 0.165. The summed E-state index contributed by atoms with van der Waals surface area (Å²) in [6.07, 6.45) is 22.9. The Bertz CT molecular complexity index is 768. The summed E-state index contributed by atoms with van der Waals surface area (Å²) >= 11 is 0. The van der Waals surface area contributed by atoms with Crippen molar-refractivity contribution in [2.24, 2.45) is 5.10 Å². The second-order valence-electron chi connectivity index (χ2n) is 9.41. The smallest absolute Gasteiger partial charge is 0.272 e. The molecule has 8 heteroatoms. The fraction of sp³-hybridized carbons (Fsp3) is 0.741. The van der Waals surface area contributed by atoms with Gasteiger partial charge in [-0.3, -0.25) is 25.7 Å². The second kappa shape index (κ2) is 19.8. The molecule has 0 aromatic heterocycles. The van der Waals surface area contributed by atoms with Gasteiger partial charge in [-0.25, -0.2) is 0 Å². The molecule has 0 saturated heterocycles. The average molecular weight is 491 g/mol. The Labute approximate surface area is 211 Å². The van der Waals surface area contributed by atoms with Gasteiger partial charge in [0.25, 0.3) is 5.69 Å². The third kappa shape index (κ3) is 14.5. The first kappa shape index (κ1) is 30.5. The van der Waals surface area contributed by atoms with E-state index in [2.05, 4.69) is 17.5 Å². The van der Waals surface area contributed by atoms with E-state index in [9.17, 15) is 20.2 Å². The zero-order chi connectivity index (χ0) is 25.7. The van der Waals surface area contributed by atoms with E-state index in [4.69, 9.17) is 0 Å². The molecule has 0 aliphatic carbocycles. The van der Waals surface area contributed by atoms with E-state index >= 15 is 0 Å². The molecule has 0 amide bonds. The maximum absolute atomic E-state index is 11.2. The van der Waals surface area contributed by atoms with Crippen LogP contribution in [0.5, 0.6) is 0 Å². The van der Waals surface area contributed by atoms with Gasteiger partial charge in [0.2, 0.25) is 0 Å². The van der Waals surface area contributed by atoms with Gasteiger partial charge in [0.15, 0.2) is 0 Å². The van der Waals surface area contributed by atoms with Crippen LogP contribution < -0.4 is 5.43 Å². The summed E-state index contributed by atoms with van der Waals surface area (Å²) in [6, 6.07) is 3.53. The van der Waals surface area contributed by atoms with Crippen molar-refractivity contribution >= 4 is 22.8 Å². The quantitative estimate of drug-likeness (QED) is 0.0753.